The van der Waals surface area contributed by atoms with E-state index in [1.807, 2.05) is 90.7 Å². The van der Waals surface area contributed by atoms with E-state index in [9.17, 15) is 9.59 Å². The SMILES string of the molecule is Cc1ccc(-n2nc(C(C)(C)C)cc2NC(=O)Nc2ccc(CC3CCN(C(=O)c4ccc5ccccc5n4)CC3)cc2)cc1. The van der Waals surface area contributed by atoms with Crippen LogP contribution in [0.1, 0.15) is 60.9 Å². The Balaban J connectivity index is 1.03. The van der Waals surface area contributed by atoms with Crippen molar-refractivity contribution in [3.8, 4) is 5.69 Å². The molecule has 0 radical (unpaired) electrons. The molecule has 0 saturated carbocycles. The molecule has 8 heteroatoms. The molecule has 0 bridgehead atoms. The summed E-state index contributed by atoms with van der Waals surface area (Å²) < 4.78 is 1.78. The van der Waals surface area contributed by atoms with Gasteiger partial charge in [0, 0.05) is 35.6 Å². The molecule has 3 aromatic carbocycles. The second-order valence-corrected chi connectivity index (χ2v) is 13.0. The molecule has 1 aliphatic rings. The fourth-order valence-electron chi connectivity index (χ4n) is 5.74. The number of hydrogen-bond acceptors (Lipinski definition) is 4. The number of anilines is 2. The van der Waals surface area contributed by atoms with Crippen LogP contribution in [0.3, 0.4) is 0 Å². The number of amides is 3. The highest BCUT2D eigenvalue weighted by atomic mass is 16.2. The number of urea groups is 1. The minimum atomic E-state index is -0.325. The quantitative estimate of drug-likeness (QED) is 0.208. The van der Waals surface area contributed by atoms with Crippen LogP contribution in [0.15, 0.2) is 91.0 Å². The maximum Gasteiger partial charge on any atom is 0.324 e. The molecule has 1 saturated heterocycles. The lowest BCUT2D eigenvalue weighted by Gasteiger charge is -2.32. The van der Waals surface area contributed by atoms with Crippen LogP contribution in [0.5, 0.6) is 0 Å². The van der Waals surface area contributed by atoms with E-state index in [0.717, 1.165) is 65.9 Å². The van der Waals surface area contributed by atoms with Crippen LogP contribution in [0.25, 0.3) is 16.6 Å². The van der Waals surface area contributed by atoms with Gasteiger partial charge in [0.25, 0.3) is 5.91 Å². The summed E-state index contributed by atoms with van der Waals surface area (Å²) in [5, 5.41) is 11.8. The van der Waals surface area contributed by atoms with Crippen molar-refractivity contribution in [1.82, 2.24) is 19.7 Å². The van der Waals surface area contributed by atoms with Crippen LogP contribution in [0, 0.1) is 12.8 Å². The van der Waals surface area contributed by atoms with Crippen LogP contribution in [0.4, 0.5) is 16.3 Å². The molecular weight excluding hydrogens is 560 g/mol. The van der Waals surface area contributed by atoms with E-state index >= 15 is 0 Å². The monoisotopic (exact) mass is 600 g/mol. The first-order valence-corrected chi connectivity index (χ1v) is 15.6. The van der Waals surface area contributed by atoms with Gasteiger partial charge in [-0.2, -0.15) is 5.10 Å². The van der Waals surface area contributed by atoms with Crippen molar-refractivity contribution in [1.29, 1.82) is 0 Å². The van der Waals surface area contributed by atoms with E-state index in [4.69, 9.17) is 5.10 Å². The van der Waals surface area contributed by atoms with E-state index < -0.39 is 0 Å². The number of carbonyl (C=O) groups is 2. The average molecular weight is 601 g/mol. The zero-order valence-electron chi connectivity index (χ0n) is 26.4. The standard InChI is InChI=1S/C37H40N6O2/c1-25-9-16-30(17-10-25)43-34(24-33(41-43)37(2,3)4)40-36(45)38-29-14-11-26(12-15-29)23-27-19-21-42(22-20-27)35(44)32-18-13-28-7-5-6-8-31(28)39-32/h5-18,24,27H,19-23H2,1-4H3,(H2,38,40,45). The number of nitrogens with zero attached hydrogens (tertiary/aromatic N) is 4. The summed E-state index contributed by atoms with van der Waals surface area (Å²) in [6.45, 7) is 9.82. The van der Waals surface area contributed by atoms with Crippen molar-refractivity contribution in [2.45, 2.75) is 52.4 Å². The topological polar surface area (TPSA) is 92.2 Å². The van der Waals surface area contributed by atoms with Gasteiger partial charge in [0.1, 0.15) is 11.5 Å². The van der Waals surface area contributed by atoms with Gasteiger partial charge in [-0.3, -0.25) is 10.1 Å². The lowest BCUT2D eigenvalue weighted by Crippen LogP contribution is -2.39. The first-order valence-electron chi connectivity index (χ1n) is 15.6. The third kappa shape index (κ3) is 7.06. The number of likely N-dealkylation sites (tertiary alicyclic amines) is 1. The predicted molar refractivity (Wildman–Crippen MR) is 180 cm³/mol. The largest absolute Gasteiger partial charge is 0.337 e. The van der Waals surface area contributed by atoms with Crippen LogP contribution >= 0.6 is 0 Å². The lowest BCUT2D eigenvalue weighted by molar-refractivity contribution is 0.0685. The van der Waals surface area contributed by atoms with Gasteiger partial charge in [0.05, 0.1) is 16.9 Å². The van der Waals surface area contributed by atoms with Crippen molar-refractivity contribution in [2.24, 2.45) is 5.92 Å². The number of rotatable bonds is 6. The Kier molecular flexibility index (Phi) is 8.39. The van der Waals surface area contributed by atoms with E-state index in [0.29, 0.717) is 17.4 Å². The zero-order chi connectivity index (χ0) is 31.6. The van der Waals surface area contributed by atoms with Crippen molar-refractivity contribution < 1.29 is 9.59 Å². The Morgan fingerprint density at radius 1 is 0.867 bits per heavy atom. The molecule has 3 heterocycles. The second-order valence-electron chi connectivity index (χ2n) is 13.0. The number of piperidine rings is 1. The summed E-state index contributed by atoms with van der Waals surface area (Å²) in [5.41, 5.74) is 6.06. The van der Waals surface area contributed by atoms with Crippen molar-refractivity contribution in [3.05, 3.63) is 114 Å². The normalized spacial score (nSPS) is 14.0. The highest BCUT2D eigenvalue weighted by Crippen LogP contribution is 2.27. The van der Waals surface area contributed by atoms with E-state index in [-0.39, 0.29) is 17.4 Å². The Hall–Kier alpha value is -4.98. The maximum absolute atomic E-state index is 13.1. The Morgan fingerprint density at radius 2 is 1.58 bits per heavy atom. The van der Waals surface area contributed by atoms with Gasteiger partial charge < -0.3 is 10.2 Å². The lowest BCUT2D eigenvalue weighted by atomic mass is 9.90. The first-order chi connectivity index (χ1) is 21.6. The van der Waals surface area contributed by atoms with Crippen LogP contribution < -0.4 is 10.6 Å². The highest BCUT2D eigenvalue weighted by Gasteiger charge is 2.25. The molecular formula is C37H40N6O2. The third-order valence-electron chi connectivity index (χ3n) is 8.45. The Bertz CT molecular complexity index is 1810. The van der Waals surface area contributed by atoms with Gasteiger partial charge in [0.2, 0.25) is 0 Å². The average Bonchev–Trinajstić information content (AvgIpc) is 3.46. The summed E-state index contributed by atoms with van der Waals surface area (Å²) in [6.07, 6.45) is 2.84. The summed E-state index contributed by atoms with van der Waals surface area (Å²) in [5.74, 6) is 1.11. The second kappa shape index (κ2) is 12.6. The van der Waals surface area contributed by atoms with Crippen LogP contribution in [-0.4, -0.2) is 44.7 Å². The zero-order valence-corrected chi connectivity index (χ0v) is 26.4. The van der Waals surface area contributed by atoms with Crippen LogP contribution in [0.2, 0.25) is 0 Å². The first kappa shape index (κ1) is 30.1. The number of carbonyl (C=O) groups excluding carboxylic acids is 2. The molecule has 2 N–H and O–H groups in total. The number of benzene rings is 3. The van der Waals surface area contributed by atoms with Crippen LogP contribution in [-0.2, 0) is 11.8 Å². The fourth-order valence-corrected chi connectivity index (χ4v) is 5.74. The van der Waals surface area contributed by atoms with Gasteiger partial charge in [-0.1, -0.05) is 74.9 Å². The number of aromatic nitrogens is 3. The summed E-state index contributed by atoms with van der Waals surface area (Å²) in [4.78, 5) is 32.7. The molecule has 1 aliphatic heterocycles. The molecule has 5 aromatic rings. The fraction of sp³-hybridized carbons (Fsp3) is 0.297. The molecule has 2 aromatic heterocycles. The van der Waals surface area contributed by atoms with Gasteiger partial charge in [-0.05, 0) is 74.1 Å². The van der Waals surface area contributed by atoms with Gasteiger partial charge in [-0.15, -0.1) is 0 Å². The maximum atomic E-state index is 13.1. The summed E-state index contributed by atoms with van der Waals surface area (Å²) in [7, 11) is 0. The minimum absolute atomic E-state index is 0.00412. The molecule has 230 valence electrons. The molecule has 45 heavy (non-hydrogen) atoms. The molecule has 0 unspecified atom stereocenters. The number of para-hydroxylation sites is 1. The third-order valence-corrected chi connectivity index (χ3v) is 8.45. The smallest absolute Gasteiger partial charge is 0.324 e. The molecule has 6 rings (SSSR count). The Morgan fingerprint density at radius 3 is 2.29 bits per heavy atom. The summed E-state index contributed by atoms with van der Waals surface area (Å²) in [6, 6.07) is 29.4. The number of hydrogen-bond donors (Lipinski definition) is 2. The van der Waals surface area contributed by atoms with Gasteiger partial charge in [-0.25, -0.2) is 14.5 Å². The van der Waals surface area contributed by atoms with Gasteiger partial charge >= 0.3 is 6.03 Å². The predicted octanol–water partition coefficient (Wildman–Crippen LogP) is 7.77. The molecule has 8 nitrogen and oxygen atoms in total. The summed E-state index contributed by atoms with van der Waals surface area (Å²) >= 11 is 0. The van der Waals surface area contributed by atoms with E-state index in [1.165, 1.54) is 5.56 Å². The molecule has 1 fully saturated rings. The molecule has 0 atom stereocenters. The van der Waals surface area contributed by atoms with E-state index in [1.54, 1.807) is 4.68 Å². The number of aryl methyl sites for hydroxylation is 1. The number of nitrogens with one attached hydrogen (secondary N) is 2. The number of fused-ring (bicyclic) bond motifs is 1. The molecule has 0 spiro atoms. The minimum Gasteiger partial charge on any atom is -0.337 e. The Labute approximate surface area is 264 Å². The van der Waals surface area contributed by atoms with Crippen molar-refractivity contribution in [2.75, 3.05) is 23.7 Å². The van der Waals surface area contributed by atoms with Crippen molar-refractivity contribution in [3.63, 3.8) is 0 Å². The molecule has 0 aliphatic carbocycles. The van der Waals surface area contributed by atoms with Gasteiger partial charge in [0.15, 0.2) is 0 Å². The van der Waals surface area contributed by atoms with Crippen molar-refractivity contribution >= 4 is 34.3 Å². The molecule has 3 amide bonds. The highest BCUT2D eigenvalue weighted by molar-refractivity contribution is 5.99. The van der Waals surface area contributed by atoms with E-state index in [2.05, 4.69) is 48.5 Å². The number of pyridine rings is 1.